The summed E-state index contributed by atoms with van der Waals surface area (Å²) >= 11 is 0. The van der Waals surface area contributed by atoms with Gasteiger partial charge < -0.3 is 18.8 Å². The van der Waals surface area contributed by atoms with E-state index in [1.54, 1.807) is 0 Å². The molecule has 2 aliphatic rings. The second-order valence-electron chi connectivity index (χ2n) is 5.70. The van der Waals surface area contributed by atoms with Crippen molar-refractivity contribution in [3.05, 3.63) is 17.9 Å². The molecule has 2 heterocycles. The van der Waals surface area contributed by atoms with Gasteiger partial charge in [-0.1, -0.05) is 0 Å². The molecule has 1 aromatic carbocycles. The SMILES string of the molecule is [2H]C1([2H])Oc2cc(F)c(B3OC(C)(C)C(C)(C)O3)cc2O1. The average molecular weight is 268 g/mol. The van der Waals surface area contributed by atoms with Gasteiger partial charge in [0.2, 0.25) is 6.75 Å². The summed E-state index contributed by atoms with van der Waals surface area (Å²) in [5.74, 6) is -0.433. The summed E-state index contributed by atoms with van der Waals surface area (Å²) in [6.07, 6.45) is 0. The van der Waals surface area contributed by atoms with Gasteiger partial charge in [0.05, 0.1) is 11.2 Å². The summed E-state index contributed by atoms with van der Waals surface area (Å²) in [7, 11) is -0.879. The fourth-order valence-electron chi connectivity index (χ4n) is 1.97. The summed E-state index contributed by atoms with van der Waals surface area (Å²) < 4.78 is 50.4. The van der Waals surface area contributed by atoms with Crippen LogP contribution in [0.3, 0.4) is 0 Å². The van der Waals surface area contributed by atoms with Gasteiger partial charge in [0, 0.05) is 11.5 Å². The first-order chi connectivity index (χ1) is 9.51. The Labute approximate surface area is 114 Å². The summed E-state index contributed by atoms with van der Waals surface area (Å²) in [6.45, 7) is 5.20. The van der Waals surface area contributed by atoms with Crippen LogP contribution >= 0.6 is 0 Å². The van der Waals surface area contributed by atoms with E-state index >= 15 is 0 Å². The Kier molecular flexibility index (Phi) is 2.14. The van der Waals surface area contributed by atoms with Crippen LogP contribution in [-0.4, -0.2) is 25.1 Å². The molecule has 3 rings (SSSR count). The molecule has 2 aliphatic heterocycles. The van der Waals surface area contributed by atoms with Gasteiger partial charge in [-0.25, -0.2) is 4.39 Å². The molecule has 0 atom stereocenters. The number of hydrogen-bond donors (Lipinski definition) is 0. The van der Waals surface area contributed by atoms with E-state index in [0.717, 1.165) is 6.07 Å². The van der Waals surface area contributed by atoms with Crippen molar-refractivity contribution in [1.82, 2.24) is 0 Å². The highest BCUT2D eigenvalue weighted by molar-refractivity contribution is 6.62. The van der Waals surface area contributed by atoms with Crippen molar-refractivity contribution in [2.75, 3.05) is 6.75 Å². The van der Waals surface area contributed by atoms with E-state index in [1.807, 2.05) is 27.7 Å². The molecular formula is C13H16BFO4. The van der Waals surface area contributed by atoms with Crippen LogP contribution in [0.15, 0.2) is 12.1 Å². The molecule has 19 heavy (non-hydrogen) atoms. The molecule has 0 saturated carbocycles. The predicted molar refractivity (Wildman–Crippen MR) is 68.2 cm³/mol. The van der Waals surface area contributed by atoms with E-state index in [9.17, 15) is 4.39 Å². The maximum Gasteiger partial charge on any atom is 0.497 e. The molecular weight excluding hydrogens is 250 g/mol. The Morgan fingerprint density at radius 2 is 1.63 bits per heavy atom. The molecule has 0 radical (unpaired) electrons. The van der Waals surface area contributed by atoms with E-state index in [4.69, 9.17) is 21.5 Å². The Balaban J connectivity index is 1.96. The summed E-state index contributed by atoms with van der Waals surface area (Å²) in [6, 6.07) is 2.44. The Bertz CT molecular complexity index is 590. The molecule has 0 amide bonds. The molecule has 102 valence electrons. The zero-order chi connectivity index (χ0) is 15.6. The van der Waals surface area contributed by atoms with Gasteiger partial charge in [-0.3, -0.25) is 0 Å². The number of halogens is 1. The van der Waals surface area contributed by atoms with Crippen molar-refractivity contribution >= 4 is 12.6 Å². The van der Waals surface area contributed by atoms with Crippen LogP contribution in [0.5, 0.6) is 11.5 Å². The van der Waals surface area contributed by atoms with Gasteiger partial charge >= 0.3 is 7.12 Å². The van der Waals surface area contributed by atoms with Gasteiger partial charge in [0.15, 0.2) is 11.5 Å². The first kappa shape index (κ1) is 10.5. The Hall–Kier alpha value is -1.27. The highest BCUT2D eigenvalue weighted by atomic mass is 19.1. The highest BCUT2D eigenvalue weighted by Crippen LogP contribution is 2.38. The number of hydrogen-bond acceptors (Lipinski definition) is 4. The van der Waals surface area contributed by atoms with E-state index in [-0.39, 0.29) is 17.0 Å². The lowest BCUT2D eigenvalue weighted by Crippen LogP contribution is -2.41. The van der Waals surface area contributed by atoms with Crippen LogP contribution in [0.4, 0.5) is 4.39 Å². The van der Waals surface area contributed by atoms with Crippen LogP contribution in [0, 0.1) is 5.82 Å². The Morgan fingerprint density at radius 3 is 2.21 bits per heavy atom. The monoisotopic (exact) mass is 268 g/mol. The normalized spacial score (nSPS) is 27.1. The van der Waals surface area contributed by atoms with Gasteiger partial charge in [-0.15, -0.1) is 0 Å². The fourth-order valence-corrected chi connectivity index (χ4v) is 1.97. The van der Waals surface area contributed by atoms with Gasteiger partial charge in [0.1, 0.15) is 8.56 Å². The second-order valence-corrected chi connectivity index (χ2v) is 5.70. The fraction of sp³-hybridized carbons (Fsp3) is 0.538. The van der Waals surface area contributed by atoms with Crippen LogP contribution in [-0.2, 0) is 9.31 Å². The largest absolute Gasteiger partial charge is 0.497 e. The number of rotatable bonds is 1. The van der Waals surface area contributed by atoms with E-state index in [1.165, 1.54) is 6.07 Å². The molecule has 4 nitrogen and oxygen atoms in total. The third-order valence-corrected chi connectivity index (χ3v) is 3.87. The predicted octanol–water partition coefficient (Wildman–Crippen LogP) is 1.85. The smallest absolute Gasteiger partial charge is 0.454 e. The van der Waals surface area contributed by atoms with Crippen LogP contribution in [0.2, 0.25) is 0 Å². The van der Waals surface area contributed by atoms with Crippen LogP contribution in [0.25, 0.3) is 0 Å². The lowest BCUT2D eigenvalue weighted by atomic mass is 9.78. The van der Waals surface area contributed by atoms with Crippen LogP contribution < -0.4 is 14.9 Å². The zero-order valence-electron chi connectivity index (χ0n) is 13.2. The van der Waals surface area contributed by atoms with Crippen molar-refractivity contribution in [2.45, 2.75) is 38.9 Å². The van der Waals surface area contributed by atoms with Crippen molar-refractivity contribution in [2.24, 2.45) is 0 Å². The van der Waals surface area contributed by atoms with Gasteiger partial charge in [-0.2, -0.15) is 0 Å². The molecule has 0 aliphatic carbocycles. The van der Waals surface area contributed by atoms with Crippen molar-refractivity contribution in [3.63, 3.8) is 0 Å². The Morgan fingerprint density at radius 1 is 1.11 bits per heavy atom. The lowest BCUT2D eigenvalue weighted by Gasteiger charge is -2.32. The highest BCUT2D eigenvalue weighted by Gasteiger charge is 2.52. The van der Waals surface area contributed by atoms with Gasteiger partial charge in [0.25, 0.3) is 0 Å². The van der Waals surface area contributed by atoms with Crippen molar-refractivity contribution in [3.8, 4) is 11.5 Å². The molecule has 0 spiro atoms. The quantitative estimate of drug-likeness (QED) is 0.728. The molecule has 0 N–H and O–H groups in total. The second kappa shape index (κ2) is 3.87. The van der Waals surface area contributed by atoms with E-state index in [0.29, 0.717) is 0 Å². The molecule has 0 bridgehead atoms. The average Bonchev–Trinajstić information content (AvgIpc) is 2.69. The summed E-state index contributed by atoms with van der Waals surface area (Å²) in [4.78, 5) is 0. The summed E-state index contributed by atoms with van der Waals surface area (Å²) in [5, 5.41) is 0. The number of fused-ring (bicyclic) bond motifs is 1. The first-order valence-corrected chi connectivity index (χ1v) is 6.08. The molecule has 0 aromatic heterocycles. The third-order valence-electron chi connectivity index (χ3n) is 3.87. The van der Waals surface area contributed by atoms with E-state index < -0.39 is 30.9 Å². The standard InChI is InChI=1S/C13H16BFO4/c1-12(2)13(3,4)19-14(18-12)8-5-10-11(6-9(8)15)17-7-16-10/h5-6H,7H2,1-4H3/i7D2. The first-order valence-electron chi connectivity index (χ1n) is 7.08. The molecule has 0 unspecified atom stereocenters. The minimum absolute atomic E-state index is 0.0257. The molecule has 6 heteroatoms. The molecule has 1 fully saturated rings. The molecule has 1 saturated heterocycles. The molecule has 1 aromatic rings. The zero-order valence-corrected chi connectivity index (χ0v) is 11.2. The van der Waals surface area contributed by atoms with Crippen molar-refractivity contribution in [1.29, 1.82) is 0 Å². The number of ether oxygens (including phenoxy) is 2. The third kappa shape index (κ3) is 1.90. The maximum atomic E-state index is 14.2. The van der Waals surface area contributed by atoms with E-state index in [2.05, 4.69) is 0 Å². The van der Waals surface area contributed by atoms with Gasteiger partial charge in [-0.05, 0) is 33.8 Å². The number of benzene rings is 1. The lowest BCUT2D eigenvalue weighted by molar-refractivity contribution is 0.00578. The summed E-state index contributed by atoms with van der Waals surface area (Å²) in [5.41, 5.74) is -1.02. The minimum Gasteiger partial charge on any atom is -0.454 e. The van der Waals surface area contributed by atoms with Crippen molar-refractivity contribution < 1.29 is 25.9 Å². The minimum atomic E-state index is -2.29. The topological polar surface area (TPSA) is 36.9 Å². The van der Waals surface area contributed by atoms with Crippen LogP contribution in [0.1, 0.15) is 30.4 Å². The maximum absolute atomic E-state index is 14.2.